The van der Waals surface area contributed by atoms with Crippen molar-refractivity contribution in [3.8, 4) is 0 Å². The lowest BCUT2D eigenvalue weighted by Gasteiger charge is -2.29. The van der Waals surface area contributed by atoms with E-state index < -0.39 is 0 Å². The zero-order valence-corrected chi connectivity index (χ0v) is 9.13. The van der Waals surface area contributed by atoms with Gasteiger partial charge in [-0.25, -0.2) is 4.39 Å². The molecule has 1 N–H and O–H groups in total. The summed E-state index contributed by atoms with van der Waals surface area (Å²) in [4.78, 5) is 4.08. The van der Waals surface area contributed by atoms with E-state index in [2.05, 4.69) is 31.1 Å². The highest BCUT2D eigenvalue weighted by Crippen LogP contribution is 2.32. The summed E-state index contributed by atoms with van der Waals surface area (Å²) in [7, 11) is 1.82. The van der Waals surface area contributed by atoms with Crippen LogP contribution in [0.4, 0.5) is 4.39 Å². The molecule has 0 aliphatic rings. The SMILES string of the molecule is CNC(c1ncccc1F)C(C)(C)C. The van der Waals surface area contributed by atoms with Crippen LogP contribution in [0.1, 0.15) is 32.5 Å². The van der Waals surface area contributed by atoms with Gasteiger partial charge in [0, 0.05) is 6.20 Å². The molecule has 0 amide bonds. The largest absolute Gasteiger partial charge is 0.311 e. The first-order valence-electron chi connectivity index (χ1n) is 4.74. The second kappa shape index (κ2) is 4.05. The van der Waals surface area contributed by atoms with Crippen LogP contribution in [0.2, 0.25) is 0 Å². The number of nitrogens with one attached hydrogen (secondary N) is 1. The van der Waals surface area contributed by atoms with Gasteiger partial charge in [-0.15, -0.1) is 0 Å². The zero-order chi connectivity index (χ0) is 10.8. The average Bonchev–Trinajstić information content (AvgIpc) is 2.07. The van der Waals surface area contributed by atoms with Gasteiger partial charge < -0.3 is 5.32 Å². The smallest absolute Gasteiger partial charge is 0.146 e. The number of rotatable bonds is 2. The molecule has 0 aliphatic carbocycles. The van der Waals surface area contributed by atoms with Crippen LogP contribution < -0.4 is 5.32 Å². The van der Waals surface area contributed by atoms with Crippen molar-refractivity contribution in [2.24, 2.45) is 5.41 Å². The molecule has 1 atom stereocenters. The fourth-order valence-corrected chi connectivity index (χ4v) is 1.59. The Labute approximate surface area is 84.6 Å². The third kappa shape index (κ3) is 2.29. The van der Waals surface area contributed by atoms with Crippen LogP contribution in [0, 0.1) is 11.2 Å². The van der Waals surface area contributed by atoms with Crippen LogP contribution in [0.15, 0.2) is 18.3 Å². The van der Waals surface area contributed by atoms with E-state index in [4.69, 9.17) is 0 Å². The molecule has 0 fully saturated rings. The van der Waals surface area contributed by atoms with Crippen molar-refractivity contribution < 1.29 is 4.39 Å². The molecule has 78 valence electrons. The van der Waals surface area contributed by atoms with Gasteiger partial charge in [-0.2, -0.15) is 0 Å². The standard InChI is InChI=1S/C11H17FN2/c1-11(2,3)10(13-4)9-8(12)6-5-7-14-9/h5-7,10,13H,1-4H3. The lowest BCUT2D eigenvalue weighted by molar-refractivity contribution is 0.274. The summed E-state index contributed by atoms with van der Waals surface area (Å²) >= 11 is 0. The van der Waals surface area contributed by atoms with Gasteiger partial charge in [-0.1, -0.05) is 20.8 Å². The Bertz CT molecular complexity index is 304. The van der Waals surface area contributed by atoms with Crippen molar-refractivity contribution in [1.82, 2.24) is 10.3 Å². The molecule has 0 saturated carbocycles. The molecule has 0 spiro atoms. The molecule has 1 aromatic rings. The monoisotopic (exact) mass is 196 g/mol. The molecule has 1 rings (SSSR count). The van der Waals surface area contributed by atoms with Gasteiger partial charge in [0.2, 0.25) is 0 Å². The van der Waals surface area contributed by atoms with Gasteiger partial charge in [-0.05, 0) is 24.6 Å². The summed E-state index contributed by atoms with van der Waals surface area (Å²) in [6, 6.07) is 2.98. The summed E-state index contributed by atoms with van der Waals surface area (Å²) in [5, 5.41) is 3.10. The highest BCUT2D eigenvalue weighted by Gasteiger charge is 2.27. The topological polar surface area (TPSA) is 24.9 Å². The van der Waals surface area contributed by atoms with Crippen molar-refractivity contribution in [2.45, 2.75) is 26.8 Å². The molecule has 1 heterocycles. The Balaban J connectivity index is 3.08. The molecule has 0 saturated heterocycles. The van der Waals surface area contributed by atoms with E-state index in [9.17, 15) is 4.39 Å². The van der Waals surface area contributed by atoms with Crippen LogP contribution in [0.3, 0.4) is 0 Å². The van der Waals surface area contributed by atoms with Gasteiger partial charge in [-0.3, -0.25) is 4.98 Å². The molecule has 0 aromatic carbocycles. The molecule has 0 bridgehead atoms. The van der Waals surface area contributed by atoms with E-state index in [0.29, 0.717) is 5.69 Å². The van der Waals surface area contributed by atoms with Gasteiger partial charge >= 0.3 is 0 Å². The van der Waals surface area contributed by atoms with Crippen LogP contribution in [0.5, 0.6) is 0 Å². The lowest BCUT2D eigenvalue weighted by atomic mass is 9.84. The van der Waals surface area contributed by atoms with Crippen molar-refractivity contribution in [3.63, 3.8) is 0 Å². The highest BCUT2D eigenvalue weighted by molar-refractivity contribution is 5.13. The van der Waals surface area contributed by atoms with E-state index >= 15 is 0 Å². The number of halogens is 1. The van der Waals surface area contributed by atoms with Crippen LogP contribution in [0.25, 0.3) is 0 Å². The van der Waals surface area contributed by atoms with Crippen LogP contribution in [-0.4, -0.2) is 12.0 Å². The van der Waals surface area contributed by atoms with E-state index in [-0.39, 0.29) is 17.3 Å². The minimum atomic E-state index is -0.248. The van der Waals surface area contributed by atoms with Gasteiger partial charge in [0.05, 0.1) is 11.7 Å². The molecule has 14 heavy (non-hydrogen) atoms. The maximum Gasteiger partial charge on any atom is 0.146 e. The van der Waals surface area contributed by atoms with E-state index in [1.807, 2.05) is 7.05 Å². The lowest BCUT2D eigenvalue weighted by Crippen LogP contribution is -2.31. The third-order valence-electron chi connectivity index (χ3n) is 2.22. The summed E-state index contributed by atoms with van der Waals surface area (Å²) in [6.07, 6.45) is 1.62. The first kappa shape index (κ1) is 11.1. The van der Waals surface area contributed by atoms with Crippen molar-refractivity contribution in [1.29, 1.82) is 0 Å². The summed E-state index contributed by atoms with van der Waals surface area (Å²) in [6.45, 7) is 6.17. The molecule has 0 aliphatic heterocycles. The van der Waals surface area contributed by atoms with E-state index in [1.165, 1.54) is 6.07 Å². The number of nitrogens with zero attached hydrogens (tertiary/aromatic N) is 1. The number of pyridine rings is 1. The molecule has 1 unspecified atom stereocenters. The Morgan fingerprint density at radius 2 is 2.07 bits per heavy atom. The van der Waals surface area contributed by atoms with Crippen LogP contribution >= 0.6 is 0 Å². The third-order valence-corrected chi connectivity index (χ3v) is 2.22. The van der Waals surface area contributed by atoms with Crippen molar-refractivity contribution in [3.05, 3.63) is 29.8 Å². The quantitative estimate of drug-likeness (QED) is 0.786. The molecule has 1 aromatic heterocycles. The van der Waals surface area contributed by atoms with Crippen molar-refractivity contribution >= 4 is 0 Å². The summed E-state index contributed by atoms with van der Waals surface area (Å²) in [5.41, 5.74) is 0.437. The fourth-order valence-electron chi connectivity index (χ4n) is 1.59. The van der Waals surface area contributed by atoms with Gasteiger partial charge in [0.25, 0.3) is 0 Å². The molecular weight excluding hydrogens is 179 g/mol. The average molecular weight is 196 g/mol. The maximum absolute atomic E-state index is 13.5. The maximum atomic E-state index is 13.5. The Kier molecular flexibility index (Phi) is 3.21. The normalized spacial score (nSPS) is 14.1. The Morgan fingerprint density at radius 3 is 2.50 bits per heavy atom. The first-order chi connectivity index (χ1) is 6.46. The second-order valence-corrected chi connectivity index (χ2v) is 4.46. The predicted molar refractivity (Wildman–Crippen MR) is 55.5 cm³/mol. The number of aromatic nitrogens is 1. The van der Waals surface area contributed by atoms with Crippen LogP contribution in [-0.2, 0) is 0 Å². The minimum absolute atomic E-state index is 0.0516. The number of hydrogen-bond acceptors (Lipinski definition) is 2. The number of hydrogen-bond donors (Lipinski definition) is 1. The minimum Gasteiger partial charge on any atom is -0.311 e. The zero-order valence-electron chi connectivity index (χ0n) is 9.13. The van der Waals surface area contributed by atoms with Gasteiger partial charge in [0.1, 0.15) is 5.82 Å². The molecular formula is C11H17FN2. The van der Waals surface area contributed by atoms with Crippen molar-refractivity contribution in [2.75, 3.05) is 7.05 Å². The first-order valence-corrected chi connectivity index (χ1v) is 4.74. The molecule has 0 radical (unpaired) electrons. The second-order valence-electron chi connectivity index (χ2n) is 4.46. The Hall–Kier alpha value is -0.960. The molecule has 2 nitrogen and oxygen atoms in total. The highest BCUT2D eigenvalue weighted by atomic mass is 19.1. The summed E-state index contributed by atoms with van der Waals surface area (Å²) in [5.74, 6) is -0.248. The summed E-state index contributed by atoms with van der Waals surface area (Å²) < 4.78 is 13.5. The van der Waals surface area contributed by atoms with E-state index in [1.54, 1.807) is 12.3 Å². The van der Waals surface area contributed by atoms with E-state index in [0.717, 1.165) is 0 Å². The van der Waals surface area contributed by atoms with Gasteiger partial charge in [0.15, 0.2) is 0 Å². The Morgan fingerprint density at radius 1 is 1.43 bits per heavy atom. The molecule has 3 heteroatoms. The fraction of sp³-hybridized carbons (Fsp3) is 0.545. The predicted octanol–water partition coefficient (Wildman–Crippen LogP) is 2.53.